The first-order valence-corrected chi connectivity index (χ1v) is 11.9. The number of nitrogens with one attached hydrogen (secondary N) is 2. The number of carbonyl (C=O) groups excluding carboxylic acids is 2. The summed E-state index contributed by atoms with van der Waals surface area (Å²) in [5, 5.41) is 7.41. The topological polar surface area (TPSA) is 92.2 Å². The SMILES string of the molecule is O=C(C[C@@H]1CCCN1c1cc(-n2ccnc2)c2ccc(Cl)c(Cl)c2n1)NC1CCCNC1=O. The van der Waals surface area contributed by atoms with Crippen LogP contribution in [0.2, 0.25) is 10.0 Å². The number of nitrogens with zero attached hydrogens (tertiary/aromatic N) is 4. The largest absolute Gasteiger partial charge is 0.354 e. The molecule has 2 aromatic heterocycles. The van der Waals surface area contributed by atoms with Gasteiger partial charge in [0.2, 0.25) is 11.8 Å². The molecule has 4 heterocycles. The summed E-state index contributed by atoms with van der Waals surface area (Å²) in [6, 6.07) is 5.20. The van der Waals surface area contributed by atoms with Crippen molar-refractivity contribution in [2.75, 3.05) is 18.0 Å². The van der Waals surface area contributed by atoms with Gasteiger partial charge in [-0.3, -0.25) is 9.59 Å². The predicted octanol–water partition coefficient (Wildman–Crippen LogP) is 3.48. The molecule has 0 radical (unpaired) electrons. The highest BCUT2D eigenvalue weighted by Gasteiger charge is 2.31. The fraction of sp³-hybridized carbons (Fsp3) is 0.391. The van der Waals surface area contributed by atoms with Crippen LogP contribution in [0.15, 0.2) is 36.9 Å². The molecule has 2 amide bonds. The van der Waals surface area contributed by atoms with E-state index in [4.69, 9.17) is 28.2 Å². The number of piperidine rings is 1. The molecule has 1 aromatic carbocycles. The molecule has 2 N–H and O–H groups in total. The fourth-order valence-corrected chi connectivity index (χ4v) is 5.05. The Kier molecular flexibility index (Phi) is 6.12. The molecule has 1 unspecified atom stereocenters. The maximum absolute atomic E-state index is 12.8. The van der Waals surface area contributed by atoms with E-state index in [9.17, 15) is 9.59 Å². The van der Waals surface area contributed by atoms with Gasteiger partial charge in [-0.05, 0) is 37.8 Å². The molecule has 2 saturated heterocycles. The summed E-state index contributed by atoms with van der Waals surface area (Å²) >= 11 is 12.8. The molecule has 2 aliphatic rings. The number of fused-ring (bicyclic) bond motifs is 1. The van der Waals surface area contributed by atoms with Crippen LogP contribution in [0.1, 0.15) is 32.1 Å². The lowest BCUT2D eigenvalue weighted by atomic mass is 10.1. The molecule has 0 aliphatic carbocycles. The lowest BCUT2D eigenvalue weighted by molar-refractivity contribution is -0.130. The summed E-state index contributed by atoms with van der Waals surface area (Å²) in [6.45, 7) is 1.45. The number of aromatic nitrogens is 3. The van der Waals surface area contributed by atoms with Gasteiger partial charge in [0.05, 0.1) is 27.6 Å². The van der Waals surface area contributed by atoms with Crippen molar-refractivity contribution in [2.45, 2.75) is 44.2 Å². The van der Waals surface area contributed by atoms with E-state index in [0.717, 1.165) is 42.7 Å². The van der Waals surface area contributed by atoms with E-state index in [1.807, 2.05) is 22.9 Å². The van der Waals surface area contributed by atoms with Crippen molar-refractivity contribution in [1.29, 1.82) is 0 Å². The lowest BCUT2D eigenvalue weighted by Crippen LogP contribution is -2.51. The van der Waals surface area contributed by atoms with Gasteiger partial charge in [-0.15, -0.1) is 0 Å². The van der Waals surface area contributed by atoms with E-state index in [1.165, 1.54) is 0 Å². The van der Waals surface area contributed by atoms with E-state index in [0.29, 0.717) is 34.9 Å². The number of halogens is 2. The first-order valence-electron chi connectivity index (χ1n) is 11.1. The maximum atomic E-state index is 12.8. The molecule has 2 atom stereocenters. The second-order valence-electron chi connectivity index (χ2n) is 8.47. The minimum Gasteiger partial charge on any atom is -0.354 e. The molecule has 0 spiro atoms. The zero-order valence-corrected chi connectivity index (χ0v) is 19.4. The summed E-state index contributed by atoms with van der Waals surface area (Å²) in [7, 11) is 0. The molecule has 2 fully saturated rings. The van der Waals surface area contributed by atoms with Crippen molar-refractivity contribution in [3.05, 3.63) is 47.0 Å². The summed E-state index contributed by atoms with van der Waals surface area (Å²) in [4.78, 5) is 36.0. The number of benzene rings is 1. The minimum absolute atomic E-state index is 0.0183. The molecule has 3 aromatic rings. The minimum atomic E-state index is -0.450. The molecular formula is C23H24Cl2N6O2. The molecule has 2 aliphatic heterocycles. The quantitative estimate of drug-likeness (QED) is 0.575. The summed E-state index contributed by atoms with van der Waals surface area (Å²) < 4.78 is 1.91. The van der Waals surface area contributed by atoms with E-state index in [-0.39, 0.29) is 17.9 Å². The zero-order chi connectivity index (χ0) is 22.9. The average molecular weight is 487 g/mol. The highest BCUT2D eigenvalue weighted by Crippen LogP contribution is 2.36. The standard InChI is InChI=1S/C23H24Cl2N6O2/c24-16-6-5-15-18(30-10-8-26-13-30)12-19(29-22(15)21(16)25)31-9-2-3-14(31)11-20(32)28-17-4-1-7-27-23(17)33/h5-6,8,10,12-14,17H,1-4,7,9,11H2,(H,27,33)(H,28,32)/t14-,17?/m0/s1. The van der Waals surface area contributed by atoms with Gasteiger partial charge in [-0.2, -0.15) is 0 Å². The summed E-state index contributed by atoms with van der Waals surface area (Å²) in [5.74, 6) is 0.511. The third kappa shape index (κ3) is 4.37. The highest BCUT2D eigenvalue weighted by atomic mass is 35.5. The first kappa shape index (κ1) is 22.0. The van der Waals surface area contributed by atoms with Crippen LogP contribution in [0.4, 0.5) is 5.82 Å². The molecule has 5 rings (SSSR count). The highest BCUT2D eigenvalue weighted by molar-refractivity contribution is 6.45. The van der Waals surface area contributed by atoms with E-state index >= 15 is 0 Å². The van der Waals surface area contributed by atoms with Crippen LogP contribution in [-0.4, -0.2) is 51.5 Å². The van der Waals surface area contributed by atoms with Crippen molar-refractivity contribution in [3.8, 4) is 5.69 Å². The van der Waals surface area contributed by atoms with Crippen LogP contribution >= 0.6 is 23.2 Å². The van der Waals surface area contributed by atoms with Crippen LogP contribution in [0.3, 0.4) is 0 Å². The average Bonchev–Trinajstić information content (AvgIpc) is 3.50. The first-order chi connectivity index (χ1) is 16.0. The lowest BCUT2D eigenvalue weighted by Gasteiger charge is -2.28. The van der Waals surface area contributed by atoms with Gasteiger partial charge in [0.15, 0.2) is 0 Å². The number of anilines is 1. The number of imidazole rings is 1. The van der Waals surface area contributed by atoms with Crippen molar-refractivity contribution in [3.63, 3.8) is 0 Å². The van der Waals surface area contributed by atoms with Crippen LogP contribution in [-0.2, 0) is 9.59 Å². The maximum Gasteiger partial charge on any atom is 0.242 e. The number of amides is 2. The number of pyridine rings is 1. The monoisotopic (exact) mass is 486 g/mol. The molecule has 8 nitrogen and oxygen atoms in total. The molecule has 0 saturated carbocycles. The van der Waals surface area contributed by atoms with Gasteiger partial charge in [0.25, 0.3) is 0 Å². The Morgan fingerprint density at radius 3 is 2.91 bits per heavy atom. The molecule has 0 bridgehead atoms. The van der Waals surface area contributed by atoms with Gasteiger partial charge in [-0.25, -0.2) is 9.97 Å². The zero-order valence-electron chi connectivity index (χ0n) is 17.9. The van der Waals surface area contributed by atoms with Crippen LogP contribution in [0, 0.1) is 0 Å². The Bertz CT molecular complexity index is 1200. The van der Waals surface area contributed by atoms with Gasteiger partial charge >= 0.3 is 0 Å². The Morgan fingerprint density at radius 1 is 1.24 bits per heavy atom. The van der Waals surface area contributed by atoms with Crippen molar-refractivity contribution < 1.29 is 9.59 Å². The number of carbonyl (C=O) groups is 2. The third-order valence-corrected chi connectivity index (χ3v) is 7.13. The third-order valence-electron chi connectivity index (χ3n) is 6.33. The molecule has 10 heteroatoms. The summed E-state index contributed by atoms with van der Waals surface area (Å²) in [6.07, 6.45) is 8.97. The smallest absolute Gasteiger partial charge is 0.242 e. The van der Waals surface area contributed by atoms with E-state index in [1.54, 1.807) is 18.6 Å². The summed E-state index contributed by atoms with van der Waals surface area (Å²) in [5.41, 5.74) is 1.50. The number of hydrogen-bond donors (Lipinski definition) is 2. The van der Waals surface area contributed by atoms with Crippen molar-refractivity contribution in [2.24, 2.45) is 0 Å². The predicted molar refractivity (Wildman–Crippen MR) is 128 cm³/mol. The van der Waals surface area contributed by atoms with Gasteiger partial charge in [-0.1, -0.05) is 23.2 Å². The Morgan fingerprint density at radius 2 is 2.12 bits per heavy atom. The second-order valence-corrected chi connectivity index (χ2v) is 9.26. The van der Waals surface area contributed by atoms with Crippen LogP contribution in [0.25, 0.3) is 16.6 Å². The van der Waals surface area contributed by atoms with Crippen molar-refractivity contribution in [1.82, 2.24) is 25.2 Å². The van der Waals surface area contributed by atoms with E-state index < -0.39 is 6.04 Å². The van der Waals surface area contributed by atoms with Crippen LogP contribution in [0.5, 0.6) is 0 Å². The molecule has 172 valence electrons. The second kappa shape index (κ2) is 9.19. The van der Waals surface area contributed by atoms with Crippen molar-refractivity contribution >= 4 is 51.7 Å². The normalized spacial score (nSPS) is 20.8. The number of hydrogen-bond acceptors (Lipinski definition) is 5. The Balaban J connectivity index is 1.44. The van der Waals surface area contributed by atoms with Crippen LogP contribution < -0.4 is 15.5 Å². The molecular weight excluding hydrogens is 463 g/mol. The Labute approximate surface area is 201 Å². The number of rotatable bonds is 5. The molecule has 33 heavy (non-hydrogen) atoms. The van der Waals surface area contributed by atoms with Gasteiger partial charge < -0.3 is 20.1 Å². The van der Waals surface area contributed by atoms with Gasteiger partial charge in [0, 0.05) is 49.4 Å². The Hall–Kier alpha value is -2.84. The van der Waals surface area contributed by atoms with E-state index in [2.05, 4.69) is 20.5 Å². The van der Waals surface area contributed by atoms with Gasteiger partial charge in [0.1, 0.15) is 11.9 Å². The fourth-order valence-electron chi connectivity index (χ4n) is 4.69.